The zero-order chi connectivity index (χ0) is 11.4. The van der Waals surface area contributed by atoms with E-state index in [1.807, 2.05) is 6.92 Å². The molecule has 1 atom stereocenters. The predicted molar refractivity (Wildman–Crippen MR) is 61.9 cm³/mol. The fourth-order valence-electron chi connectivity index (χ4n) is 1.23. The van der Waals surface area contributed by atoms with Gasteiger partial charge in [-0.05, 0) is 32.0 Å². The molecule has 0 radical (unpaired) electrons. The zero-order valence-electron chi connectivity index (χ0n) is 8.59. The maximum atomic E-state index is 10.8. The van der Waals surface area contributed by atoms with Crippen molar-refractivity contribution in [2.75, 3.05) is 0 Å². The highest BCUT2D eigenvalue weighted by molar-refractivity contribution is 6.35. The molecule has 0 aliphatic carbocycles. The van der Waals surface area contributed by atoms with Gasteiger partial charge in [0.1, 0.15) is 17.6 Å². The summed E-state index contributed by atoms with van der Waals surface area (Å²) in [4.78, 5) is 10.8. The van der Waals surface area contributed by atoms with Gasteiger partial charge in [0, 0.05) is 11.4 Å². The van der Waals surface area contributed by atoms with Gasteiger partial charge in [-0.15, -0.1) is 0 Å². The van der Waals surface area contributed by atoms with E-state index in [0.29, 0.717) is 22.2 Å². The average molecular weight is 247 g/mol. The topological polar surface area (TPSA) is 26.3 Å². The smallest absolute Gasteiger partial charge is 0.138 e. The van der Waals surface area contributed by atoms with Gasteiger partial charge in [-0.25, -0.2) is 0 Å². The summed E-state index contributed by atoms with van der Waals surface area (Å²) in [5, 5.41) is 1.02. The van der Waals surface area contributed by atoms with Gasteiger partial charge in [-0.2, -0.15) is 0 Å². The highest BCUT2D eigenvalue weighted by atomic mass is 35.5. The molecule has 1 aromatic carbocycles. The van der Waals surface area contributed by atoms with Crippen molar-refractivity contribution in [3.05, 3.63) is 28.2 Å². The van der Waals surface area contributed by atoms with Crippen molar-refractivity contribution in [2.24, 2.45) is 0 Å². The minimum absolute atomic E-state index is 0.0904. The minimum atomic E-state index is -0.179. The van der Waals surface area contributed by atoms with Gasteiger partial charge in [0.2, 0.25) is 0 Å². The summed E-state index contributed by atoms with van der Waals surface area (Å²) in [5.74, 6) is 0.641. The molecule has 0 saturated heterocycles. The van der Waals surface area contributed by atoms with Gasteiger partial charge in [0.25, 0.3) is 0 Å². The van der Waals surface area contributed by atoms with Crippen molar-refractivity contribution >= 4 is 29.0 Å². The van der Waals surface area contributed by atoms with Crippen molar-refractivity contribution in [2.45, 2.75) is 26.4 Å². The van der Waals surface area contributed by atoms with Crippen LogP contribution in [0, 0.1) is 0 Å². The van der Waals surface area contributed by atoms with Crippen LogP contribution in [0.15, 0.2) is 18.2 Å². The lowest BCUT2D eigenvalue weighted by Gasteiger charge is -2.14. The van der Waals surface area contributed by atoms with E-state index in [2.05, 4.69) is 0 Å². The van der Waals surface area contributed by atoms with E-state index in [1.165, 1.54) is 6.92 Å². The van der Waals surface area contributed by atoms with Crippen molar-refractivity contribution < 1.29 is 9.53 Å². The van der Waals surface area contributed by atoms with Gasteiger partial charge < -0.3 is 4.74 Å². The Hall–Kier alpha value is -0.730. The van der Waals surface area contributed by atoms with Gasteiger partial charge in [-0.3, -0.25) is 4.79 Å². The van der Waals surface area contributed by atoms with E-state index < -0.39 is 0 Å². The Balaban J connectivity index is 2.68. The van der Waals surface area contributed by atoms with Crippen LogP contribution in [0.4, 0.5) is 0 Å². The van der Waals surface area contributed by atoms with Gasteiger partial charge in [0.05, 0.1) is 5.02 Å². The lowest BCUT2D eigenvalue weighted by Crippen LogP contribution is -2.15. The first kappa shape index (κ1) is 12.3. The molecule has 0 aliphatic rings. The van der Waals surface area contributed by atoms with Crippen LogP contribution in [-0.4, -0.2) is 11.9 Å². The van der Waals surface area contributed by atoms with E-state index in [-0.39, 0.29) is 11.9 Å². The van der Waals surface area contributed by atoms with E-state index in [1.54, 1.807) is 18.2 Å². The molecule has 2 nitrogen and oxygen atoms in total. The molecule has 0 N–H and O–H groups in total. The largest absolute Gasteiger partial charge is 0.489 e. The number of hydrogen-bond acceptors (Lipinski definition) is 2. The second-order valence-corrected chi connectivity index (χ2v) is 4.25. The van der Waals surface area contributed by atoms with Crippen LogP contribution in [0.1, 0.15) is 20.3 Å². The van der Waals surface area contributed by atoms with Crippen molar-refractivity contribution in [3.63, 3.8) is 0 Å². The summed E-state index contributed by atoms with van der Waals surface area (Å²) in [6.45, 7) is 3.36. The molecule has 0 heterocycles. The van der Waals surface area contributed by atoms with Gasteiger partial charge in [0.15, 0.2) is 0 Å². The third kappa shape index (κ3) is 4.10. The molecule has 0 aromatic heterocycles. The van der Waals surface area contributed by atoms with Crippen molar-refractivity contribution in [1.29, 1.82) is 0 Å². The summed E-state index contributed by atoms with van der Waals surface area (Å²) in [5.41, 5.74) is 0. The quantitative estimate of drug-likeness (QED) is 0.810. The molecule has 15 heavy (non-hydrogen) atoms. The Kier molecular flexibility index (Phi) is 4.43. The summed E-state index contributed by atoms with van der Waals surface area (Å²) < 4.78 is 5.50. The number of carbonyl (C=O) groups excluding carboxylic acids is 1. The molecule has 4 heteroatoms. The number of hydrogen-bond donors (Lipinski definition) is 0. The molecule has 0 amide bonds. The first-order valence-electron chi connectivity index (χ1n) is 4.60. The maximum absolute atomic E-state index is 10.8. The number of Topliss-reactive ketones (excluding diaryl/α,β-unsaturated/α-hetero) is 1. The number of benzene rings is 1. The summed E-state index contributed by atoms with van der Waals surface area (Å²) in [6.07, 6.45) is 0.194. The fraction of sp³-hybridized carbons (Fsp3) is 0.364. The normalized spacial score (nSPS) is 12.3. The van der Waals surface area contributed by atoms with Crippen LogP contribution >= 0.6 is 23.2 Å². The number of ketones is 1. The molecule has 1 unspecified atom stereocenters. The number of rotatable bonds is 4. The third-order valence-electron chi connectivity index (χ3n) is 1.80. The van der Waals surface area contributed by atoms with Gasteiger partial charge >= 0.3 is 0 Å². The van der Waals surface area contributed by atoms with Crippen LogP contribution in [0.3, 0.4) is 0 Å². The molecule has 82 valence electrons. The Morgan fingerprint density at radius 3 is 2.67 bits per heavy atom. The third-order valence-corrected chi connectivity index (χ3v) is 2.33. The standard InChI is InChI=1S/C11H12Cl2O2/c1-7(14)5-8(2)15-11-4-3-9(12)6-10(11)13/h3-4,6,8H,5H2,1-2H3. The van der Waals surface area contributed by atoms with Crippen molar-refractivity contribution in [3.8, 4) is 5.75 Å². The second kappa shape index (κ2) is 5.38. The highest BCUT2D eigenvalue weighted by Gasteiger charge is 2.09. The molecule has 0 aliphatic heterocycles. The first-order valence-corrected chi connectivity index (χ1v) is 5.36. The second-order valence-electron chi connectivity index (χ2n) is 3.41. The molecule has 1 aromatic rings. The maximum Gasteiger partial charge on any atom is 0.138 e. The first-order chi connectivity index (χ1) is 6.99. The van der Waals surface area contributed by atoms with E-state index in [0.717, 1.165) is 0 Å². The highest BCUT2D eigenvalue weighted by Crippen LogP contribution is 2.28. The SMILES string of the molecule is CC(=O)CC(C)Oc1ccc(Cl)cc1Cl. The van der Waals surface area contributed by atoms with Crippen molar-refractivity contribution in [1.82, 2.24) is 0 Å². The molecule has 0 bridgehead atoms. The lowest BCUT2D eigenvalue weighted by molar-refractivity contribution is -0.118. The summed E-state index contributed by atoms with van der Waals surface area (Å²) >= 11 is 11.7. The predicted octanol–water partition coefficient (Wildman–Crippen LogP) is 3.74. The van der Waals surface area contributed by atoms with Crippen LogP contribution in [0.5, 0.6) is 5.75 Å². The number of ether oxygens (including phenoxy) is 1. The Morgan fingerprint density at radius 1 is 1.47 bits per heavy atom. The zero-order valence-corrected chi connectivity index (χ0v) is 10.1. The van der Waals surface area contributed by atoms with Crippen LogP contribution < -0.4 is 4.74 Å². The Labute approximate surface area is 99.1 Å². The molecule has 1 rings (SSSR count). The molecule has 0 saturated carbocycles. The van der Waals surface area contributed by atoms with Crippen LogP contribution in [0.25, 0.3) is 0 Å². The minimum Gasteiger partial charge on any atom is -0.489 e. The molecule has 0 fully saturated rings. The Morgan fingerprint density at radius 2 is 2.13 bits per heavy atom. The molecule has 0 spiro atoms. The number of halogens is 2. The van der Waals surface area contributed by atoms with Crippen LogP contribution in [0.2, 0.25) is 10.0 Å². The number of carbonyl (C=O) groups is 1. The molecular formula is C11H12Cl2O2. The summed E-state index contributed by atoms with van der Waals surface area (Å²) in [7, 11) is 0. The Bertz CT molecular complexity index is 364. The van der Waals surface area contributed by atoms with Gasteiger partial charge in [-0.1, -0.05) is 23.2 Å². The van der Waals surface area contributed by atoms with E-state index in [9.17, 15) is 4.79 Å². The lowest BCUT2D eigenvalue weighted by atomic mass is 10.2. The average Bonchev–Trinajstić information content (AvgIpc) is 2.08. The van der Waals surface area contributed by atoms with Crippen LogP contribution in [-0.2, 0) is 4.79 Å². The van der Waals surface area contributed by atoms with E-state index in [4.69, 9.17) is 27.9 Å². The van der Waals surface area contributed by atoms with E-state index >= 15 is 0 Å². The monoisotopic (exact) mass is 246 g/mol. The molecular weight excluding hydrogens is 235 g/mol. The fourth-order valence-corrected chi connectivity index (χ4v) is 1.69. The summed E-state index contributed by atoms with van der Waals surface area (Å²) in [6, 6.07) is 5.00.